The second-order valence-corrected chi connectivity index (χ2v) is 4.17. The first kappa shape index (κ1) is 10.8. The van der Waals surface area contributed by atoms with Crippen molar-refractivity contribution in [2.24, 2.45) is 0 Å². The number of nitrogens with zero attached hydrogens (tertiary/aromatic N) is 5. The highest BCUT2D eigenvalue weighted by Crippen LogP contribution is 2.14. The zero-order valence-corrected chi connectivity index (χ0v) is 9.47. The summed E-state index contributed by atoms with van der Waals surface area (Å²) in [5.74, 6) is -0.0661. The van der Waals surface area contributed by atoms with E-state index in [1.54, 1.807) is 29.2 Å². The highest BCUT2D eigenvalue weighted by atomic mass is 16.3. The van der Waals surface area contributed by atoms with Crippen molar-refractivity contribution in [3.63, 3.8) is 0 Å². The van der Waals surface area contributed by atoms with Crippen molar-refractivity contribution in [2.75, 3.05) is 13.1 Å². The van der Waals surface area contributed by atoms with Crippen LogP contribution >= 0.6 is 0 Å². The molecule has 2 aromatic rings. The van der Waals surface area contributed by atoms with E-state index in [0.717, 1.165) is 5.69 Å². The number of likely N-dealkylation sites (tertiary alicyclic amines) is 1. The maximum Gasteiger partial charge on any atom is 0.254 e. The fraction of sp³-hybridized carbons (Fsp3) is 0.273. The minimum absolute atomic E-state index is 0.0661. The summed E-state index contributed by atoms with van der Waals surface area (Å²) in [7, 11) is 0. The summed E-state index contributed by atoms with van der Waals surface area (Å²) in [5, 5.41) is 20.0. The average molecular weight is 245 g/mol. The number of hydrogen-bond acceptors (Lipinski definition) is 5. The Morgan fingerprint density at radius 1 is 1.28 bits per heavy atom. The third kappa shape index (κ3) is 1.84. The molecular formula is C11H11N5O2. The molecule has 0 atom stereocenters. The van der Waals surface area contributed by atoms with Crippen LogP contribution in [0.5, 0.6) is 0 Å². The minimum atomic E-state index is -0.380. The molecule has 7 nitrogen and oxygen atoms in total. The molecular weight excluding hydrogens is 234 g/mol. The summed E-state index contributed by atoms with van der Waals surface area (Å²) >= 11 is 0. The van der Waals surface area contributed by atoms with Crippen LogP contribution in [-0.4, -0.2) is 55.3 Å². The number of amides is 1. The number of aliphatic hydroxyl groups excluding tert-OH is 1. The van der Waals surface area contributed by atoms with Gasteiger partial charge in [0, 0.05) is 18.7 Å². The predicted octanol–water partition coefficient (Wildman–Crippen LogP) is -0.521. The van der Waals surface area contributed by atoms with Gasteiger partial charge in [-0.15, -0.1) is 5.10 Å². The molecule has 0 bridgehead atoms. The van der Waals surface area contributed by atoms with E-state index in [2.05, 4.69) is 15.5 Å². The van der Waals surface area contributed by atoms with Gasteiger partial charge in [-0.25, -0.2) is 4.68 Å². The lowest BCUT2D eigenvalue weighted by atomic mass is 10.1. The van der Waals surface area contributed by atoms with Crippen LogP contribution in [0.25, 0.3) is 5.69 Å². The molecule has 1 saturated heterocycles. The molecule has 0 saturated carbocycles. The largest absolute Gasteiger partial charge is 0.389 e. The molecule has 2 heterocycles. The first-order valence-electron chi connectivity index (χ1n) is 5.55. The lowest BCUT2D eigenvalue weighted by molar-refractivity contribution is 0.00589. The Balaban J connectivity index is 1.77. The van der Waals surface area contributed by atoms with Gasteiger partial charge in [-0.05, 0) is 34.7 Å². The number of β-amino-alcohol motifs (C(OH)–C–C–N with tert-alkyl or cyclic N) is 1. The van der Waals surface area contributed by atoms with E-state index in [1.165, 1.54) is 11.0 Å². The fourth-order valence-electron chi connectivity index (χ4n) is 1.84. The maximum atomic E-state index is 11.9. The van der Waals surface area contributed by atoms with Crippen molar-refractivity contribution in [2.45, 2.75) is 6.10 Å². The van der Waals surface area contributed by atoms with Crippen LogP contribution in [0.4, 0.5) is 0 Å². The Kier molecular flexibility index (Phi) is 2.52. The smallest absolute Gasteiger partial charge is 0.254 e. The molecule has 0 aliphatic carbocycles. The van der Waals surface area contributed by atoms with E-state index in [0.29, 0.717) is 18.7 Å². The standard InChI is InChI=1S/C11H11N5O2/c17-10-5-15(6-10)11(18)8-1-3-9(4-2-8)16-7-12-13-14-16/h1-4,7,10,17H,5-6H2. The predicted molar refractivity (Wildman–Crippen MR) is 61.1 cm³/mol. The molecule has 1 N–H and O–H groups in total. The number of aromatic nitrogens is 4. The van der Waals surface area contributed by atoms with Gasteiger partial charge in [-0.2, -0.15) is 0 Å². The first-order chi connectivity index (χ1) is 8.74. The van der Waals surface area contributed by atoms with Gasteiger partial charge in [-0.1, -0.05) is 0 Å². The van der Waals surface area contributed by atoms with E-state index < -0.39 is 0 Å². The molecule has 92 valence electrons. The van der Waals surface area contributed by atoms with Crippen molar-refractivity contribution in [3.05, 3.63) is 36.2 Å². The number of benzene rings is 1. The summed E-state index contributed by atoms with van der Waals surface area (Å²) in [4.78, 5) is 13.5. The number of hydrogen-bond donors (Lipinski definition) is 1. The van der Waals surface area contributed by atoms with Crippen LogP contribution in [0.15, 0.2) is 30.6 Å². The molecule has 3 rings (SSSR count). The topological polar surface area (TPSA) is 84.1 Å². The summed E-state index contributed by atoms with van der Waals surface area (Å²) in [6, 6.07) is 7.01. The summed E-state index contributed by atoms with van der Waals surface area (Å²) in [6.45, 7) is 0.821. The van der Waals surface area contributed by atoms with Gasteiger partial charge in [0.15, 0.2) is 0 Å². The summed E-state index contributed by atoms with van der Waals surface area (Å²) in [6.07, 6.45) is 1.11. The van der Waals surface area contributed by atoms with Gasteiger partial charge >= 0.3 is 0 Å². The average Bonchev–Trinajstić information content (AvgIpc) is 2.88. The van der Waals surface area contributed by atoms with Crippen LogP contribution < -0.4 is 0 Å². The Morgan fingerprint density at radius 3 is 2.56 bits per heavy atom. The van der Waals surface area contributed by atoms with Gasteiger partial charge < -0.3 is 10.0 Å². The molecule has 1 aliphatic heterocycles. The van der Waals surface area contributed by atoms with Gasteiger partial charge in [0.1, 0.15) is 6.33 Å². The molecule has 1 aromatic carbocycles. The molecule has 1 fully saturated rings. The normalized spacial score (nSPS) is 15.5. The number of aliphatic hydroxyl groups is 1. The monoisotopic (exact) mass is 245 g/mol. The molecule has 0 radical (unpaired) electrons. The lowest BCUT2D eigenvalue weighted by Gasteiger charge is -2.35. The van der Waals surface area contributed by atoms with E-state index in [-0.39, 0.29) is 12.0 Å². The quantitative estimate of drug-likeness (QED) is 0.769. The van der Waals surface area contributed by atoms with Crippen molar-refractivity contribution in [3.8, 4) is 5.69 Å². The number of carbonyl (C=O) groups is 1. The van der Waals surface area contributed by atoms with Crippen molar-refractivity contribution >= 4 is 5.91 Å². The fourth-order valence-corrected chi connectivity index (χ4v) is 1.84. The van der Waals surface area contributed by atoms with Crippen molar-refractivity contribution in [1.82, 2.24) is 25.1 Å². The van der Waals surface area contributed by atoms with Crippen LogP contribution in [-0.2, 0) is 0 Å². The second kappa shape index (κ2) is 4.19. The van der Waals surface area contributed by atoms with Gasteiger partial charge in [-0.3, -0.25) is 4.79 Å². The van der Waals surface area contributed by atoms with Gasteiger partial charge in [0.2, 0.25) is 0 Å². The first-order valence-corrected chi connectivity index (χ1v) is 5.55. The van der Waals surface area contributed by atoms with Crippen molar-refractivity contribution < 1.29 is 9.90 Å². The van der Waals surface area contributed by atoms with Crippen LogP contribution in [0.2, 0.25) is 0 Å². The Labute approximate surface area is 103 Å². The zero-order valence-electron chi connectivity index (χ0n) is 9.47. The van der Waals surface area contributed by atoms with Crippen LogP contribution in [0, 0.1) is 0 Å². The van der Waals surface area contributed by atoms with E-state index in [4.69, 9.17) is 5.11 Å². The van der Waals surface area contributed by atoms with Crippen molar-refractivity contribution in [1.29, 1.82) is 0 Å². The molecule has 1 aromatic heterocycles. The molecule has 0 spiro atoms. The Hall–Kier alpha value is -2.28. The summed E-state index contributed by atoms with van der Waals surface area (Å²) < 4.78 is 1.52. The van der Waals surface area contributed by atoms with Gasteiger partial charge in [0.05, 0.1) is 11.8 Å². The van der Waals surface area contributed by atoms with Gasteiger partial charge in [0.25, 0.3) is 5.91 Å². The summed E-state index contributed by atoms with van der Waals surface area (Å²) in [5.41, 5.74) is 1.39. The molecule has 7 heteroatoms. The lowest BCUT2D eigenvalue weighted by Crippen LogP contribution is -2.53. The highest BCUT2D eigenvalue weighted by molar-refractivity contribution is 5.94. The van der Waals surface area contributed by atoms with E-state index >= 15 is 0 Å². The highest BCUT2D eigenvalue weighted by Gasteiger charge is 2.29. The van der Waals surface area contributed by atoms with E-state index in [1.807, 2.05) is 0 Å². The number of tetrazole rings is 1. The molecule has 0 unspecified atom stereocenters. The second-order valence-electron chi connectivity index (χ2n) is 4.17. The maximum absolute atomic E-state index is 11.9. The van der Waals surface area contributed by atoms with Crippen LogP contribution in [0.3, 0.4) is 0 Å². The molecule has 18 heavy (non-hydrogen) atoms. The zero-order chi connectivity index (χ0) is 12.5. The third-order valence-corrected chi connectivity index (χ3v) is 2.88. The molecule has 1 amide bonds. The SMILES string of the molecule is O=C(c1ccc(-n2cnnn2)cc1)N1CC(O)C1. The number of rotatable bonds is 2. The van der Waals surface area contributed by atoms with E-state index in [9.17, 15) is 4.79 Å². The Bertz CT molecular complexity index is 545. The third-order valence-electron chi connectivity index (χ3n) is 2.88. The minimum Gasteiger partial charge on any atom is -0.389 e. The molecule has 1 aliphatic rings. The Morgan fingerprint density at radius 2 is 2.00 bits per heavy atom. The van der Waals surface area contributed by atoms with Crippen LogP contribution in [0.1, 0.15) is 10.4 Å². The number of carbonyl (C=O) groups excluding carboxylic acids is 1.